The van der Waals surface area contributed by atoms with Gasteiger partial charge in [0, 0.05) is 34.2 Å². The van der Waals surface area contributed by atoms with Crippen LogP contribution in [0.3, 0.4) is 0 Å². The smallest absolute Gasteiger partial charge is 0.248 e. The Morgan fingerprint density at radius 2 is 1.97 bits per heavy atom. The average molecular weight is 388 g/mol. The number of nitrogens with one attached hydrogen (secondary N) is 2. The highest BCUT2D eigenvalue weighted by Gasteiger charge is 2.41. The van der Waals surface area contributed by atoms with Gasteiger partial charge in [0.2, 0.25) is 11.9 Å². The molecule has 0 radical (unpaired) electrons. The molecule has 1 saturated carbocycles. The number of carbonyl (C=O) groups excluding carboxylic acids is 1. The highest BCUT2D eigenvalue weighted by molar-refractivity contribution is 5.93. The topological polar surface area (TPSA) is 97.9 Å². The molecule has 5 rings (SSSR count). The van der Waals surface area contributed by atoms with Gasteiger partial charge in [0.15, 0.2) is 0 Å². The van der Waals surface area contributed by atoms with Crippen LogP contribution in [0.1, 0.15) is 48.2 Å². The number of carbonyl (C=O) groups is 1. The number of hydrogen-bond acceptors (Lipinski definition) is 5. The van der Waals surface area contributed by atoms with Crippen molar-refractivity contribution in [3.05, 3.63) is 60.1 Å². The van der Waals surface area contributed by atoms with Crippen LogP contribution in [0.25, 0.3) is 11.0 Å². The van der Waals surface area contributed by atoms with Crippen LogP contribution in [-0.2, 0) is 12.1 Å². The molecule has 2 aliphatic rings. The number of nitrogens with two attached hydrogens (primary N) is 1. The third-order valence-corrected chi connectivity index (χ3v) is 6.20. The summed E-state index contributed by atoms with van der Waals surface area (Å²) in [5, 5.41) is 7.79. The summed E-state index contributed by atoms with van der Waals surface area (Å²) in [6.45, 7) is 5.12. The van der Waals surface area contributed by atoms with E-state index in [1.54, 1.807) is 24.3 Å². The van der Waals surface area contributed by atoms with E-state index in [9.17, 15) is 4.79 Å². The van der Waals surface area contributed by atoms with Crippen molar-refractivity contribution in [2.24, 2.45) is 5.73 Å². The Balaban J connectivity index is 1.55. The summed E-state index contributed by atoms with van der Waals surface area (Å²) in [6, 6.07) is 9.16. The van der Waals surface area contributed by atoms with Gasteiger partial charge in [0.05, 0.1) is 12.1 Å². The van der Waals surface area contributed by atoms with Gasteiger partial charge >= 0.3 is 0 Å². The first-order valence-electron chi connectivity index (χ1n) is 10.0. The van der Waals surface area contributed by atoms with Gasteiger partial charge in [-0.1, -0.05) is 25.8 Å². The molecule has 4 N–H and O–H groups in total. The molecule has 3 aromatic rings. The summed E-state index contributed by atoms with van der Waals surface area (Å²) >= 11 is 0. The Hall–Kier alpha value is -3.35. The fourth-order valence-corrected chi connectivity index (χ4v) is 4.72. The van der Waals surface area contributed by atoms with E-state index in [1.807, 2.05) is 6.20 Å². The number of rotatable bonds is 3. The van der Waals surface area contributed by atoms with E-state index < -0.39 is 5.91 Å². The maximum absolute atomic E-state index is 11.3. The largest absolute Gasteiger partial charge is 0.381 e. The minimum atomic E-state index is -0.444. The molecule has 7 nitrogen and oxygen atoms in total. The Morgan fingerprint density at radius 1 is 1.21 bits per heavy atom. The van der Waals surface area contributed by atoms with E-state index in [1.165, 1.54) is 25.0 Å². The van der Waals surface area contributed by atoms with Gasteiger partial charge in [0.1, 0.15) is 5.65 Å². The lowest BCUT2D eigenvalue weighted by Crippen LogP contribution is -2.47. The van der Waals surface area contributed by atoms with E-state index in [0.29, 0.717) is 11.5 Å². The van der Waals surface area contributed by atoms with Crippen LogP contribution in [0.5, 0.6) is 0 Å². The van der Waals surface area contributed by atoms with Gasteiger partial charge in [-0.2, -0.15) is 4.98 Å². The molecule has 0 saturated heterocycles. The summed E-state index contributed by atoms with van der Waals surface area (Å²) in [5.74, 6) is 0.0842. The van der Waals surface area contributed by atoms with E-state index in [2.05, 4.69) is 32.8 Å². The van der Waals surface area contributed by atoms with Crippen molar-refractivity contribution in [2.45, 2.75) is 44.2 Å². The molecule has 1 spiro atoms. The highest BCUT2D eigenvalue weighted by atomic mass is 16.1. The van der Waals surface area contributed by atoms with Crippen molar-refractivity contribution in [3.63, 3.8) is 0 Å². The van der Waals surface area contributed by atoms with Gasteiger partial charge < -0.3 is 20.9 Å². The molecule has 3 heterocycles. The standard InChI is InChI=1S/C22H24N6O/c1-14-22(9-3-2-4-10-22)28-18(13-24-14)11-16-12-25-21(27-20(16)28)26-17-7-5-15(6-8-17)19(23)29/h5-8,11-12,24H,1-4,9-10,13H2,(H2,23,29)(H,25,26,27). The number of aromatic nitrogens is 3. The van der Waals surface area contributed by atoms with Crippen LogP contribution in [0.4, 0.5) is 11.6 Å². The molecule has 0 atom stereocenters. The zero-order chi connectivity index (χ0) is 20.0. The highest BCUT2D eigenvalue weighted by Crippen LogP contribution is 2.44. The summed E-state index contributed by atoms with van der Waals surface area (Å²) in [5.41, 5.74) is 9.74. The van der Waals surface area contributed by atoms with Crippen LogP contribution < -0.4 is 16.4 Å². The predicted octanol–water partition coefficient (Wildman–Crippen LogP) is 3.55. The number of fused-ring (bicyclic) bond motifs is 4. The van der Waals surface area contributed by atoms with Crippen molar-refractivity contribution in [1.29, 1.82) is 0 Å². The lowest BCUT2D eigenvalue weighted by Gasteiger charge is -2.45. The lowest BCUT2D eigenvalue weighted by molar-refractivity contribution is 0.100. The van der Waals surface area contributed by atoms with Crippen LogP contribution in [0.2, 0.25) is 0 Å². The predicted molar refractivity (Wildman–Crippen MR) is 113 cm³/mol. The third kappa shape index (κ3) is 2.85. The number of primary amides is 1. The fraction of sp³-hybridized carbons (Fsp3) is 0.318. The second kappa shape index (κ2) is 6.62. The number of nitrogens with zero attached hydrogens (tertiary/aromatic N) is 3. The maximum Gasteiger partial charge on any atom is 0.248 e. The van der Waals surface area contributed by atoms with E-state index in [0.717, 1.165) is 41.8 Å². The van der Waals surface area contributed by atoms with Crippen LogP contribution >= 0.6 is 0 Å². The van der Waals surface area contributed by atoms with Crippen LogP contribution in [-0.4, -0.2) is 20.4 Å². The normalized spacial score (nSPS) is 17.7. The van der Waals surface area contributed by atoms with Crippen LogP contribution in [0, 0.1) is 0 Å². The van der Waals surface area contributed by atoms with Crippen LogP contribution in [0.15, 0.2) is 48.8 Å². The molecular formula is C22H24N6O. The fourth-order valence-electron chi connectivity index (χ4n) is 4.72. The monoisotopic (exact) mass is 388 g/mol. The van der Waals surface area contributed by atoms with E-state index >= 15 is 0 Å². The number of hydrogen-bond donors (Lipinski definition) is 3. The Bertz CT molecular complexity index is 1110. The average Bonchev–Trinajstić information content (AvgIpc) is 3.11. The molecule has 1 fully saturated rings. The van der Waals surface area contributed by atoms with E-state index in [-0.39, 0.29) is 5.54 Å². The molecule has 2 aromatic heterocycles. The quantitative estimate of drug-likeness (QED) is 0.637. The number of anilines is 2. The van der Waals surface area contributed by atoms with Gasteiger partial charge in [0.25, 0.3) is 0 Å². The van der Waals surface area contributed by atoms with Crippen molar-refractivity contribution in [2.75, 3.05) is 5.32 Å². The molecule has 1 amide bonds. The van der Waals surface area contributed by atoms with Gasteiger partial charge in [-0.15, -0.1) is 0 Å². The lowest BCUT2D eigenvalue weighted by atomic mass is 9.78. The third-order valence-electron chi connectivity index (χ3n) is 6.20. The van der Waals surface area contributed by atoms with Crippen molar-refractivity contribution >= 4 is 28.6 Å². The van der Waals surface area contributed by atoms with Crippen molar-refractivity contribution in [3.8, 4) is 0 Å². The molecule has 1 aliphatic heterocycles. The Kier molecular flexibility index (Phi) is 4.04. The molecule has 29 heavy (non-hydrogen) atoms. The number of allylic oxidation sites excluding steroid dienone is 1. The second-order valence-corrected chi connectivity index (χ2v) is 7.93. The van der Waals surface area contributed by atoms with Gasteiger partial charge in [-0.25, -0.2) is 4.98 Å². The minimum absolute atomic E-state index is 0.109. The maximum atomic E-state index is 11.3. The first-order valence-corrected chi connectivity index (χ1v) is 10.0. The molecule has 7 heteroatoms. The molecule has 1 aliphatic carbocycles. The number of amides is 1. The Labute approximate surface area is 169 Å². The van der Waals surface area contributed by atoms with Crippen molar-refractivity contribution < 1.29 is 4.79 Å². The first-order chi connectivity index (χ1) is 14.1. The molecule has 0 unspecified atom stereocenters. The van der Waals surface area contributed by atoms with Gasteiger partial charge in [-0.3, -0.25) is 4.79 Å². The number of benzene rings is 1. The zero-order valence-electron chi connectivity index (χ0n) is 16.2. The molecule has 148 valence electrons. The first kappa shape index (κ1) is 17.7. The van der Waals surface area contributed by atoms with E-state index in [4.69, 9.17) is 10.7 Å². The zero-order valence-corrected chi connectivity index (χ0v) is 16.2. The summed E-state index contributed by atoms with van der Waals surface area (Å²) in [4.78, 5) is 20.6. The summed E-state index contributed by atoms with van der Waals surface area (Å²) in [7, 11) is 0. The minimum Gasteiger partial charge on any atom is -0.381 e. The molecule has 1 aromatic carbocycles. The van der Waals surface area contributed by atoms with Crippen molar-refractivity contribution in [1.82, 2.24) is 19.9 Å². The van der Waals surface area contributed by atoms with Gasteiger partial charge in [-0.05, 0) is 43.2 Å². The summed E-state index contributed by atoms with van der Waals surface area (Å²) < 4.78 is 2.39. The SMILES string of the molecule is C=C1NCc2cc3cnc(Nc4ccc(C(N)=O)cc4)nc3n2C12CCCCC2. The Morgan fingerprint density at radius 3 is 2.69 bits per heavy atom. The molecule has 0 bridgehead atoms. The second-order valence-electron chi connectivity index (χ2n) is 7.93. The molecular weight excluding hydrogens is 364 g/mol. The summed E-state index contributed by atoms with van der Waals surface area (Å²) in [6.07, 6.45) is 7.69.